The number of carbonyl (C=O) groups excluding carboxylic acids is 1. The number of rotatable bonds is 4. The first-order valence-electron chi connectivity index (χ1n) is 8.76. The molecule has 0 saturated carbocycles. The van der Waals surface area contributed by atoms with E-state index in [1.165, 1.54) is 17.7 Å². The third kappa shape index (κ3) is 4.98. The molecule has 0 fully saturated rings. The van der Waals surface area contributed by atoms with Gasteiger partial charge in [-0.25, -0.2) is 17.8 Å². The van der Waals surface area contributed by atoms with Gasteiger partial charge >= 0.3 is 12.4 Å². The molecule has 0 unspecified atom stereocenters. The highest BCUT2D eigenvalue weighted by molar-refractivity contribution is 7.90. The van der Waals surface area contributed by atoms with Crippen LogP contribution in [0, 0.1) is 6.92 Å². The lowest BCUT2D eigenvalue weighted by Gasteiger charge is -2.15. The number of nitrogens with one attached hydrogen (secondary N) is 1. The van der Waals surface area contributed by atoms with Crippen molar-refractivity contribution in [2.75, 3.05) is 0 Å². The molecule has 7 nitrogen and oxygen atoms in total. The summed E-state index contributed by atoms with van der Waals surface area (Å²) < 4.78 is 107. The normalized spacial score (nSPS) is 12.6. The Kier molecular flexibility index (Phi) is 6.63. The minimum Gasteiger partial charge on any atom is -0.266 e. The highest BCUT2D eigenvalue weighted by Gasteiger charge is 2.44. The Hall–Kier alpha value is -2.84. The minimum absolute atomic E-state index is 0.0901. The van der Waals surface area contributed by atoms with E-state index >= 15 is 0 Å². The number of carbonyl (C=O) groups is 1. The molecule has 182 valence electrons. The summed E-state index contributed by atoms with van der Waals surface area (Å²) in [6, 6.07) is 5.17. The Balaban J connectivity index is 2.12. The van der Waals surface area contributed by atoms with Crippen LogP contribution in [0.2, 0.25) is 10.0 Å². The standard InChI is InChI=1S/C18H10Cl2F6N4O3S/c1-8-6-9(19)7-11(20)14(8)30-15(18(24,25)26)13(27-29-30)16(31)28-34(32,33)12-5-3-2-4-10(12)17(21,22)23/h2-7H,1H3,(H,28,31). The van der Waals surface area contributed by atoms with E-state index in [4.69, 9.17) is 23.2 Å². The third-order valence-electron chi connectivity index (χ3n) is 4.29. The van der Waals surface area contributed by atoms with Crippen molar-refractivity contribution in [2.24, 2.45) is 0 Å². The van der Waals surface area contributed by atoms with E-state index in [9.17, 15) is 39.6 Å². The van der Waals surface area contributed by atoms with Gasteiger partial charge in [-0.2, -0.15) is 26.3 Å². The van der Waals surface area contributed by atoms with Crippen LogP contribution < -0.4 is 4.72 Å². The minimum atomic E-state index is -5.31. The maximum Gasteiger partial charge on any atom is 0.435 e. The van der Waals surface area contributed by atoms with Gasteiger partial charge in [-0.05, 0) is 36.8 Å². The summed E-state index contributed by atoms with van der Waals surface area (Å²) in [5, 5.41) is 6.18. The topological polar surface area (TPSA) is 93.9 Å². The summed E-state index contributed by atoms with van der Waals surface area (Å²) in [5.74, 6) is -1.96. The Morgan fingerprint density at radius 3 is 2.21 bits per heavy atom. The van der Waals surface area contributed by atoms with Gasteiger partial charge in [0.15, 0.2) is 11.4 Å². The summed E-state index contributed by atoms with van der Waals surface area (Å²) in [6.07, 6.45) is -10.4. The van der Waals surface area contributed by atoms with Gasteiger partial charge in [0.05, 0.1) is 21.2 Å². The second-order valence-corrected chi connectivity index (χ2v) is 9.17. The number of nitrogens with zero attached hydrogens (tertiary/aromatic N) is 3. The first-order valence-corrected chi connectivity index (χ1v) is 11.0. The summed E-state index contributed by atoms with van der Waals surface area (Å²) in [4.78, 5) is 11.1. The molecule has 34 heavy (non-hydrogen) atoms. The van der Waals surface area contributed by atoms with Gasteiger partial charge in [-0.3, -0.25) is 4.79 Å². The number of halogens is 8. The van der Waals surface area contributed by atoms with Crippen LogP contribution in [0.5, 0.6) is 0 Å². The van der Waals surface area contributed by atoms with Crippen LogP contribution in [0.3, 0.4) is 0 Å². The maximum atomic E-state index is 13.9. The highest BCUT2D eigenvalue weighted by atomic mass is 35.5. The predicted molar refractivity (Wildman–Crippen MR) is 107 cm³/mol. The third-order valence-corrected chi connectivity index (χ3v) is 6.19. The largest absolute Gasteiger partial charge is 0.435 e. The Morgan fingerprint density at radius 1 is 1.03 bits per heavy atom. The fourth-order valence-corrected chi connectivity index (χ4v) is 4.83. The zero-order chi connectivity index (χ0) is 25.6. The van der Waals surface area contributed by atoms with Gasteiger partial charge in [-0.15, -0.1) is 5.10 Å². The van der Waals surface area contributed by atoms with E-state index in [2.05, 4.69) is 10.3 Å². The summed E-state index contributed by atoms with van der Waals surface area (Å²) in [6.45, 7) is 1.34. The highest BCUT2D eigenvalue weighted by Crippen LogP contribution is 2.37. The number of hydrogen-bond acceptors (Lipinski definition) is 5. The molecule has 1 heterocycles. The molecule has 0 atom stereocenters. The van der Waals surface area contributed by atoms with Gasteiger partial charge in [0.25, 0.3) is 15.9 Å². The molecule has 2 aromatic carbocycles. The van der Waals surface area contributed by atoms with Gasteiger partial charge in [0.1, 0.15) is 0 Å². The lowest BCUT2D eigenvalue weighted by molar-refractivity contribution is -0.143. The number of alkyl halides is 6. The van der Waals surface area contributed by atoms with Crippen molar-refractivity contribution in [3.05, 3.63) is 69.0 Å². The van der Waals surface area contributed by atoms with E-state index in [0.717, 1.165) is 18.2 Å². The molecule has 16 heteroatoms. The monoisotopic (exact) mass is 546 g/mol. The molecule has 0 radical (unpaired) electrons. The van der Waals surface area contributed by atoms with Crippen LogP contribution in [0.15, 0.2) is 41.3 Å². The van der Waals surface area contributed by atoms with Crippen LogP contribution in [0.25, 0.3) is 5.69 Å². The zero-order valence-electron chi connectivity index (χ0n) is 16.5. The van der Waals surface area contributed by atoms with Crippen molar-refractivity contribution in [1.82, 2.24) is 19.7 Å². The molecule has 0 saturated heterocycles. The van der Waals surface area contributed by atoms with Gasteiger partial charge in [0, 0.05) is 5.02 Å². The number of benzene rings is 2. The molecule has 0 spiro atoms. The number of aryl methyl sites for hydroxylation is 1. The SMILES string of the molecule is Cc1cc(Cl)cc(Cl)c1-n1nnc(C(=O)NS(=O)(=O)c2ccccc2C(F)(F)F)c1C(F)(F)F. The lowest BCUT2D eigenvalue weighted by Crippen LogP contribution is -2.34. The number of amides is 1. The first kappa shape index (κ1) is 25.8. The van der Waals surface area contributed by atoms with Crippen molar-refractivity contribution in [2.45, 2.75) is 24.2 Å². The van der Waals surface area contributed by atoms with E-state index < -0.39 is 50.1 Å². The Morgan fingerprint density at radius 2 is 1.65 bits per heavy atom. The zero-order valence-corrected chi connectivity index (χ0v) is 18.8. The van der Waals surface area contributed by atoms with Crippen LogP contribution in [0.4, 0.5) is 26.3 Å². The van der Waals surface area contributed by atoms with Crippen LogP contribution in [0.1, 0.15) is 27.3 Å². The van der Waals surface area contributed by atoms with Crippen molar-refractivity contribution < 1.29 is 39.6 Å². The molecule has 1 aromatic heterocycles. The van der Waals surface area contributed by atoms with Gasteiger partial charge in [0.2, 0.25) is 0 Å². The van der Waals surface area contributed by atoms with Crippen molar-refractivity contribution in [3.63, 3.8) is 0 Å². The van der Waals surface area contributed by atoms with Gasteiger partial charge in [-0.1, -0.05) is 40.5 Å². The van der Waals surface area contributed by atoms with Crippen LogP contribution in [-0.2, 0) is 22.4 Å². The average Bonchev–Trinajstić information content (AvgIpc) is 3.11. The average molecular weight is 547 g/mol. The first-order chi connectivity index (χ1) is 15.5. The second-order valence-electron chi connectivity index (χ2n) is 6.68. The summed E-state index contributed by atoms with van der Waals surface area (Å²) >= 11 is 11.8. The number of aromatic nitrogens is 3. The Bertz CT molecular complexity index is 1360. The van der Waals surface area contributed by atoms with Crippen LogP contribution in [-0.4, -0.2) is 29.3 Å². The quantitative estimate of drug-likeness (QED) is 0.463. The smallest absolute Gasteiger partial charge is 0.266 e. The molecular formula is C18H10Cl2F6N4O3S. The molecule has 0 aliphatic heterocycles. The molecule has 0 aliphatic carbocycles. The van der Waals surface area contributed by atoms with Crippen molar-refractivity contribution >= 4 is 39.1 Å². The Labute approximate surface area is 197 Å². The number of hydrogen-bond donors (Lipinski definition) is 1. The van der Waals surface area contributed by atoms with Crippen molar-refractivity contribution in [3.8, 4) is 5.69 Å². The van der Waals surface area contributed by atoms with E-state index in [1.54, 1.807) is 0 Å². The molecule has 1 amide bonds. The lowest BCUT2D eigenvalue weighted by atomic mass is 10.2. The van der Waals surface area contributed by atoms with Crippen LogP contribution >= 0.6 is 23.2 Å². The fraction of sp³-hybridized carbons (Fsp3) is 0.167. The summed E-state index contributed by atoms with van der Waals surface area (Å²) in [5.41, 5.74) is -5.19. The number of sulfonamides is 1. The maximum absolute atomic E-state index is 13.9. The molecular weight excluding hydrogens is 537 g/mol. The fourth-order valence-electron chi connectivity index (χ4n) is 2.97. The summed E-state index contributed by atoms with van der Waals surface area (Å²) in [7, 11) is -5.27. The molecule has 3 rings (SSSR count). The molecule has 1 N–H and O–H groups in total. The second kappa shape index (κ2) is 8.74. The van der Waals surface area contributed by atoms with Gasteiger partial charge < -0.3 is 0 Å². The molecule has 0 aliphatic rings. The molecule has 0 bridgehead atoms. The van der Waals surface area contributed by atoms with Crippen molar-refractivity contribution in [1.29, 1.82) is 0 Å². The molecule has 3 aromatic rings. The van der Waals surface area contributed by atoms with E-state index in [-0.39, 0.29) is 26.0 Å². The van der Waals surface area contributed by atoms with E-state index in [1.807, 2.05) is 0 Å². The van der Waals surface area contributed by atoms with E-state index in [0.29, 0.717) is 12.1 Å². The predicted octanol–water partition coefficient (Wildman–Crippen LogP) is 5.04.